The van der Waals surface area contributed by atoms with E-state index in [-0.39, 0.29) is 38.8 Å². The first-order valence-electron chi connectivity index (χ1n) is 9.95. The van der Waals surface area contributed by atoms with Gasteiger partial charge in [-0.15, -0.1) is 0 Å². The van der Waals surface area contributed by atoms with E-state index in [1.807, 2.05) is 18.2 Å². The van der Waals surface area contributed by atoms with Crippen LogP contribution in [-0.2, 0) is 17.6 Å². The molecular weight excluding hydrogens is 408 g/mol. The first-order chi connectivity index (χ1) is 14.4. The first kappa shape index (κ1) is 20.9. The Labute approximate surface area is 180 Å². The minimum atomic E-state index is -1.37. The molecule has 0 saturated carbocycles. The number of carbonyl (C=O) groups excluding carboxylic acids is 1. The van der Waals surface area contributed by atoms with Crippen LogP contribution < -0.4 is 14.8 Å². The number of hydrogen-bond donors (Lipinski definition) is 3. The van der Waals surface area contributed by atoms with Crippen molar-refractivity contribution in [1.82, 2.24) is 10.2 Å². The number of carbonyl (C=O) groups is 1. The predicted molar refractivity (Wildman–Crippen MR) is 112 cm³/mol. The highest BCUT2D eigenvalue weighted by atomic mass is 35.5. The van der Waals surface area contributed by atoms with Gasteiger partial charge in [-0.1, -0.05) is 29.8 Å². The van der Waals surface area contributed by atoms with Crippen molar-refractivity contribution >= 4 is 17.5 Å². The highest BCUT2D eigenvalue weighted by Gasteiger charge is 2.45. The Hall–Kier alpha value is -2.32. The predicted octanol–water partition coefficient (Wildman–Crippen LogP) is 1.38. The van der Waals surface area contributed by atoms with E-state index in [1.54, 1.807) is 24.3 Å². The summed E-state index contributed by atoms with van der Waals surface area (Å²) < 4.78 is 10.7. The monoisotopic (exact) mass is 432 g/mol. The van der Waals surface area contributed by atoms with Crippen LogP contribution in [0.4, 0.5) is 0 Å². The zero-order valence-electron chi connectivity index (χ0n) is 16.5. The summed E-state index contributed by atoms with van der Waals surface area (Å²) in [6.45, 7) is 1.27. The van der Waals surface area contributed by atoms with Crippen molar-refractivity contribution in [3.63, 3.8) is 0 Å². The number of aliphatic hydroxyl groups excluding tert-OH is 1. The van der Waals surface area contributed by atoms with Gasteiger partial charge in [-0.3, -0.25) is 4.79 Å². The van der Waals surface area contributed by atoms with Crippen molar-refractivity contribution in [2.75, 3.05) is 33.0 Å². The number of ether oxygens (including phenoxy) is 2. The molecule has 2 aliphatic rings. The van der Waals surface area contributed by atoms with Crippen LogP contribution in [0.3, 0.4) is 0 Å². The third-order valence-corrected chi connectivity index (χ3v) is 5.81. The van der Waals surface area contributed by atoms with Crippen molar-refractivity contribution in [2.24, 2.45) is 0 Å². The second-order valence-corrected chi connectivity index (χ2v) is 8.25. The molecule has 7 nitrogen and oxygen atoms in total. The number of nitrogens with one attached hydrogen (secondary N) is 1. The molecule has 160 valence electrons. The highest BCUT2D eigenvalue weighted by Crippen LogP contribution is 2.32. The Morgan fingerprint density at radius 1 is 1.17 bits per heavy atom. The summed E-state index contributed by atoms with van der Waals surface area (Å²) in [5.74, 6) is 1.36. The number of amides is 1. The van der Waals surface area contributed by atoms with Crippen LogP contribution in [0.25, 0.3) is 0 Å². The molecule has 0 radical (unpaired) electrons. The van der Waals surface area contributed by atoms with Gasteiger partial charge in [-0.2, -0.15) is 0 Å². The van der Waals surface area contributed by atoms with E-state index in [4.69, 9.17) is 21.1 Å². The molecule has 2 aliphatic heterocycles. The van der Waals surface area contributed by atoms with Crippen molar-refractivity contribution in [3.8, 4) is 11.5 Å². The third-order valence-electron chi connectivity index (χ3n) is 5.56. The summed E-state index contributed by atoms with van der Waals surface area (Å²) in [7, 11) is 0. The topological polar surface area (TPSA) is 91.3 Å². The normalized spacial score (nSPS) is 22.5. The van der Waals surface area contributed by atoms with Crippen molar-refractivity contribution in [2.45, 2.75) is 24.5 Å². The van der Waals surface area contributed by atoms with Gasteiger partial charge in [0.05, 0.1) is 13.0 Å². The van der Waals surface area contributed by atoms with Crippen LogP contribution in [0, 0.1) is 0 Å². The Kier molecular flexibility index (Phi) is 6.15. The summed E-state index contributed by atoms with van der Waals surface area (Å²) in [5.41, 5.74) is 0.562. The summed E-state index contributed by atoms with van der Waals surface area (Å²) >= 11 is 5.88. The molecule has 2 aromatic rings. The second-order valence-electron chi connectivity index (χ2n) is 7.81. The van der Waals surface area contributed by atoms with Crippen LogP contribution in [0.1, 0.15) is 11.1 Å². The SMILES string of the molecule is O=C(Cc1ccc(Cl)cc1)N1C[C@@H](O)[C@](O)(CNCCc2ccc3c(c2)OCO3)C1. The zero-order chi connectivity index (χ0) is 21.1. The molecule has 1 amide bonds. The summed E-state index contributed by atoms with van der Waals surface area (Å²) in [6.07, 6.45) is -0.0517. The first-order valence-corrected chi connectivity index (χ1v) is 10.3. The molecular formula is C22H25ClN2O5. The summed E-state index contributed by atoms with van der Waals surface area (Å²) in [6, 6.07) is 12.9. The van der Waals surface area contributed by atoms with Gasteiger partial charge in [0.1, 0.15) is 11.7 Å². The number of nitrogens with zero attached hydrogens (tertiary/aromatic N) is 1. The lowest BCUT2D eigenvalue weighted by Crippen LogP contribution is -2.50. The van der Waals surface area contributed by atoms with Crippen LogP contribution in [0.2, 0.25) is 5.02 Å². The Morgan fingerprint density at radius 2 is 1.90 bits per heavy atom. The van der Waals surface area contributed by atoms with Gasteiger partial charge >= 0.3 is 0 Å². The largest absolute Gasteiger partial charge is 0.454 e. The number of hydrogen-bond acceptors (Lipinski definition) is 6. The number of likely N-dealkylation sites (tertiary alicyclic amines) is 1. The van der Waals surface area contributed by atoms with Crippen LogP contribution >= 0.6 is 11.6 Å². The molecule has 0 aromatic heterocycles. The maximum Gasteiger partial charge on any atom is 0.231 e. The minimum absolute atomic E-state index is 0.0949. The summed E-state index contributed by atoms with van der Waals surface area (Å²) in [5, 5.41) is 25.0. The smallest absolute Gasteiger partial charge is 0.231 e. The Morgan fingerprint density at radius 3 is 2.70 bits per heavy atom. The molecule has 8 heteroatoms. The molecule has 30 heavy (non-hydrogen) atoms. The number of aliphatic hydroxyl groups is 2. The zero-order valence-corrected chi connectivity index (χ0v) is 17.3. The fraction of sp³-hybridized carbons (Fsp3) is 0.409. The van der Waals surface area contributed by atoms with Gasteiger partial charge in [0.2, 0.25) is 12.7 Å². The van der Waals surface area contributed by atoms with Crippen LogP contribution in [-0.4, -0.2) is 65.7 Å². The average molecular weight is 433 g/mol. The maximum atomic E-state index is 12.6. The van der Waals surface area contributed by atoms with Gasteiger partial charge in [0.15, 0.2) is 11.5 Å². The van der Waals surface area contributed by atoms with Gasteiger partial charge < -0.3 is 29.9 Å². The lowest BCUT2D eigenvalue weighted by molar-refractivity contribution is -0.130. The van der Waals surface area contributed by atoms with E-state index >= 15 is 0 Å². The lowest BCUT2D eigenvalue weighted by Gasteiger charge is -2.26. The minimum Gasteiger partial charge on any atom is -0.454 e. The molecule has 1 fully saturated rings. The fourth-order valence-corrected chi connectivity index (χ4v) is 3.89. The van der Waals surface area contributed by atoms with Gasteiger partial charge in [-0.25, -0.2) is 0 Å². The second kappa shape index (κ2) is 8.81. The van der Waals surface area contributed by atoms with Crippen molar-refractivity contribution < 1.29 is 24.5 Å². The van der Waals surface area contributed by atoms with Gasteiger partial charge in [0.25, 0.3) is 0 Å². The van der Waals surface area contributed by atoms with Crippen LogP contribution in [0.15, 0.2) is 42.5 Å². The van der Waals surface area contributed by atoms with E-state index in [0.29, 0.717) is 11.6 Å². The quantitative estimate of drug-likeness (QED) is 0.572. The molecule has 1 saturated heterocycles. The number of fused-ring (bicyclic) bond motifs is 1. The van der Waals surface area contributed by atoms with Crippen LogP contribution in [0.5, 0.6) is 11.5 Å². The molecule has 4 rings (SSSR count). The molecule has 0 spiro atoms. The van der Waals surface area contributed by atoms with E-state index in [2.05, 4.69) is 5.32 Å². The van der Waals surface area contributed by atoms with E-state index < -0.39 is 11.7 Å². The van der Waals surface area contributed by atoms with E-state index in [1.165, 1.54) is 4.90 Å². The van der Waals surface area contributed by atoms with Crippen molar-refractivity contribution in [1.29, 1.82) is 0 Å². The number of β-amino-alcohol motifs (C(OH)–C–C–N with tert-alkyl or cyclic N) is 2. The average Bonchev–Trinajstić information content (AvgIpc) is 3.31. The molecule has 0 aliphatic carbocycles. The molecule has 2 atom stereocenters. The van der Waals surface area contributed by atoms with E-state index in [0.717, 1.165) is 29.0 Å². The van der Waals surface area contributed by atoms with E-state index in [9.17, 15) is 15.0 Å². The highest BCUT2D eigenvalue weighted by molar-refractivity contribution is 6.30. The Balaban J connectivity index is 1.25. The fourth-order valence-electron chi connectivity index (χ4n) is 3.77. The molecule has 3 N–H and O–H groups in total. The standard InChI is InChI=1S/C22H25ClN2O5/c23-17-4-1-15(2-5-17)10-21(27)25-11-20(26)22(28,13-25)12-24-8-7-16-3-6-18-19(9-16)30-14-29-18/h1-6,9,20,24,26,28H,7-8,10-14H2/t20-,22+/m1/s1. The summed E-state index contributed by atoms with van der Waals surface area (Å²) in [4.78, 5) is 14.1. The molecule has 2 aromatic carbocycles. The number of benzene rings is 2. The molecule has 0 bridgehead atoms. The lowest BCUT2D eigenvalue weighted by atomic mass is 10.0. The Bertz CT molecular complexity index is 907. The third kappa shape index (κ3) is 4.70. The molecule has 2 heterocycles. The van der Waals surface area contributed by atoms with Gasteiger partial charge in [0, 0.05) is 18.1 Å². The van der Waals surface area contributed by atoms with Gasteiger partial charge in [-0.05, 0) is 48.4 Å². The molecule has 0 unspecified atom stereocenters. The van der Waals surface area contributed by atoms with Crippen molar-refractivity contribution in [3.05, 3.63) is 58.6 Å². The number of halogens is 1. The maximum absolute atomic E-state index is 12.6. The number of rotatable bonds is 7.